The number of anilines is 1. The van der Waals surface area contributed by atoms with Gasteiger partial charge in [0.25, 0.3) is 11.8 Å². The second-order valence-electron chi connectivity index (χ2n) is 7.23. The van der Waals surface area contributed by atoms with Gasteiger partial charge in [0, 0.05) is 35.3 Å². The third-order valence-corrected chi connectivity index (χ3v) is 6.45. The van der Waals surface area contributed by atoms with E-state index in [1.54, 1.807) is 43.5 Å². The summed E-state index contributed by atoms with van der Waals surface area (Å²) in [5.74, 6) is 0.359. The van der Waals surface area contributed by atoms with Crippen molar-refractivity contribution in [1.29, 1.82) is 0 Å². The van der Waals surface area contributed by atoms with Crippen molar-refractivity contribution in [2.75, 3.05) is 25.5 Å². The zero-order chi connectivity index (χ0) is 21.8. The van der Waals surface area contributed by atoms with Gasteiger partial charge in [-0.1, -0.05) is 29.0 Å². The van der Waals surface area contributed by atoms with Crippen molar-refractivity contribution in [2.45, 2.75) is 18.8 Å². The fraction of sp³-hybridized carbons (Fsp3) is 0.273. The molecule has 1 aliphatic rings. The molecule has 0 saturated carbocycles. The normalized spacial score (nSPS) is 16.1. The number of piperidine rings is 1. The molecule has 1 unspecified atom stereocenters. The van der Waals surface area contributed by atoms with Gasteiger partial charge in [-0.25, -0.2) is 0 Å². The Balaban J connectivity index is 1.42. The quantitative estimate of drug-likeness (QED) is 0.612. The van der Waals surface area contributed by atoms with Crippen molar-refractivity contribution in [3.63, 3.8) is 0 Å². The maximum absolute atomic E-state index is 12.9. The zero-order valence-corrected chi connectivity index (χ0v) is 18.4. The summed E-state index contributed by atoms with van der Waals surface area (Å²) in [4.78, 5) is 27.3. The highest BCUT2D eigenvalue weighted by Crippen LogP contribution is 2.30. The minimum atomic E-state index is -0.314. The molecule has 0 aliphatic carbocycles. The number of benzene rings is 2. The Hall–Kier alpha value is -2.97. The second-order valence-corrected chi connectivity index (χ2v) is 8.67. The molecule has 1 saturated heterocycles. The lowest BCUT2D eigenvalue weighted by molar-refractivity contribution is 0.0706. The number of amides is 2. The monoisotopic (exact) mass is 456 g/mol. The van der Waals surface area contributed by atoms with Crippen LogP contribution in [0.4, 0.5) is 5.69 Å². The van der Waals surface area contributed by atoms with E-state index in [2.05, 4.69) is 15.5 Å². The van der Waals surface area contributed by atoms with E-state index >= 15 is 0 Å². The number of likely N-dealkylation sites (tertiary alicyclic amines) is 1. The molecule has 0 spiro atoms. The Labute approximate surface area is 189 Å². The molecule has 2 amide bonds. The zero-order valence-electron chi connectivity index (χ0n) is 16.9. The SMILES string of the molecule is COc1cccc(C(=O)N2CCCC(c3nnc(C(=O)Nc4ccc(Cl)cc4)s3)C2)c1. The van der Waals surface area contributed by atoms with Crippen LogP contribution in [0.3, 0.4) is 0 Å². The molecule has 0 bridgehead atoms. The van der Waals surface area contributed by atoms with Gasteiger partial charge >= 0.3 is 0 Å². The number of nitrogens with zero attached hydrogens (tertiary/aromatic N) is 3. The second kappa shape index (κ2) is 9.45. The summed E-state index contributed by atoms with van der Waals surface area (Å²) in [7, 11) is 1.58. The molecule has 1 aliphatic heterocycles. The fourth-order valence-corrected chi connectivity index (χ4v) is 4.50. The first-order valence-corrected chi connectivity index (χ1v) is 11.1. The highest BCUT2D eigenvalue weighted by molar-refractivity contribution is 7.13. The lowest BCUT2D eigenvalue weighted by Crippen LogP contribution is -2.39. The van der Waals surface area contributed by atoms with Crippen LogP contribution in [0.5, 0.6) is 5.75 Å². The fourth-order valence-electron chi connectivity index (χ4n) is 3.51. The lowest BCUT2D eigenvalue weighted by Gasteiger charge is -2.31. The van der Waals surface area contributed by atoms with Crippen LogP contribution in [-0.4, -0.2) is 47.1 Å². The van der Waals surface area contributed by atoms with Gasteiger partial charge in [0.15, 0.2) is 0 Å². The number of hydrogen-bond acceptors (Lipinski definition) is 6. The summed E-state index contributed by atoms with van der Waals surface area (Å²) in [5, 5.41) is 12.8. The number of methoxy groups -OCH3 is 1. The molecule has 9 heteroatoms. The van der Waals surface area contributed by atoms with Crippen LogP contribution in [0.2, 0.25) is 5.02 Å². The summed E-state index contributed by atoms with van der Waals surface area (Å²) in [6.07, 6.45) is 1.77. The Morgan fingerprint density at radius 2 is 2.00 bits per heavy atom. The Kier molecular flexibility index (Phi) is 6.48. The first-order chi connectivity index (χ1) is 15.0. The first kappa shape index (κ1) is 21.3. The molecule has 1 aromatic heterocycles. The van der Waals surface area contributed by atoms with Gasteiger partial charge in [0.2, 0.25) is 5.01 Å². The molecule has 1 fully saturated rings. The topological polar surface area (TPSA) is 84.4 Å². The van der Waals surface area contributed by atoms with E-state index in [9.17, 15) is 9.59 Å². The van der Waals surface area contributed by atoms with Gasteiger partial charge < -0.3 is 15.0 Å². The number of aromatic nitrogens is 2. The van der Waals surface area contributed by atoms with Crippen molar-refractivity contribution >= 4 is 40.4 Å². The molecular weight excluding hydrogens is 436 g/mol. The van der Waals surface area contributed by atoms with Gasteiger partial charge in [0.05, 0.1) is 7.11 Å². The van der Waals surface area contributed by atoms with E-state index in [1.165, 1.54) is 11.3 Å². The largest absolute Gasteiger partial charge is 0.497 e. The van der Waals surface area contributed by atoms with Crippen LogP contribution < -0.4 is 10.1 Å². The van der Waals surface area contributed by atoms with Crippen LogP contribution in [0.25, 0.3) is 0 Å². The number of ether oxygens (including phenoxy) is 1. The minimum absolute atomic E-state index is 0.0335. The number of carbonyl (C=O) groups excluding carboxylic acids is 2. The van der Waals surface area contributed by atoms with Gasteiger partial charge in [-0.05, 0) is 55.3 Å². The predicted octanol–water partition coefficient (Wildman–Crippen LogP) is 4.47. The van der Waals surface area contributed by atoms with Crippen molar-refractivity contribution in [3.05, 3.63) is 69.1 Å². The number of halogens is 1. The molecule has 2 heterocycles. The van der Waals surface area contributed by atoms with Gasteiger partial charge in [0.1, 0.15) is 10.8 Å². The average Bonchev–Trinajstić information content (AvgIpc) is 3.31. The van der Waals surface area contributed by atoms with Crippen LogP contribution in [-0.2, 0) is 0 Å². The van der Waals surface area contributed by atoms with E-state index < -0.39 is 0 Å². The highest BCUT2D eigenvalue weighted by atomic mass is 35.5. The average molecular weight is 457 g/mol. The maximum atomic E-state index is 12.9. The Bertz CT molecular complexity index is 1090. The van der Waals surface area contributed by atoms with Gasteiger partial charge in [-0.15, -0.1) is 10.2 Å². The van der Waals surface area contributed by atoms with E-state index in [0.717, 1.165) is 17.8 Å². The maximum Gasteiger partial charge on any atom is 0.286 e. The van der Waals surface area contributed by atoms with Crippen molar-refractivity contribution in [1.82, 2.24) is 15.1 Å². The van der Waals surface area contributed by atoms with Crippen LogP contribution in [0, 0.1) is 0 Å². The van der Waals surface area contributed by atoms with E-state index in [4.69, 9.17) is 16.3 Å². The first-order valence-electron chi connectivity index (χ1n) is 9.87. The van der Waals surface area contributed by atoms with Gasteiger partial charge in [-0.2, -0.15) is 0 Å². The molecular formula is C22H21ClN4O3S. The Morgan fingerprint density at radius 3 is 2.77 bits per heavy atom. The van der Waals surface area contributed by atoms with Crippen LogP contribution >= 0.6 is 22.9 Å². The lowest BCUT2D eigenvalue weighted by atomic mass is 9.98. The third kappa shape index (κ3) is 5.03. The molecule has 31 heavy (non-hydrogen) atoms. The summed E-state index contributed by atoms with van der Waals surface area (Å²) in [6.45, 7) is 1.23. The number of carbonyl (C=O) groups is 2. The number of nitrogens with one attached hydrogen (secondary N) is 1. The number of rotatable bonds is 5. The summed E-state index contributed by atoms with van der Waals surface area (Å²) in [6, 6.07) is 14.0. The molecule has 160 valence electrons. The molecule has 2 aromatic carbocycles. The van der Waals surface area contributed by atoms with Crippen LogP contribution in [0.1, 0.15) is 43.9 Å². The van der Waals surface area contributed by atoms with Crippen molar-refractivity contribution < 1.29 is 14.3 Å². The summed E-state index contributed by atoms with van der Waals surface area (Å²) < 4.78 is 5.22. The Morgan fingerprint density at radius 1 is 1.19 bits per heavy atom. The third-order valence-electron chi connectivity index (χ3n) is 5.11. The van der Waals surface area contributed by atoms with E-state index in [1.807, 2.05) is 17.0 Å². The molecule has 0 radical (unpaired) electrons. The van der Waals surface area contributed by atoms with E-state index in [0.29, 0.717) is 40.1 Å². The highest BCUT2D eigenvalue weighted by Gasteiger charge is 2.28. The van der Waals surface area contributed by atoms with Crippen molar-refractivity contribution in [3.8, 4) is 5.75 Å². The minimum Gasteiger partial charge on any atom is -0.497 e. The van der Waals surface area contributed by atoms with Gasteiger partial charge in [-0.3, -0.25) is 9.59 Å². The molecule has 4 rings (SSSR count). The standard InChI is InChI=1S/C22H21ClN4O3S/c1-30-18-6-2-4-14(12-18)22(29)27-11-3-5-15(13-27)20-25-26-21(31-20)19(28)24-17-9-7-16(23)8-10-17/h2,4,6-10,12,15H,3,5,11,13H2,1H3,(H,24,28). The van der Waals surface area contributed by atoms with Crippen LogP contribution in [0.15, 0.2) is 48.5 Å². The smallest absolute Gasteiger partial charge is 0.286 e. The summed E-state index contributed by atoms with van der Waals surface area (Å²) in [5.41, 5.74) is 1.24. The van der Waals surface area contributed by atoms with Crippen molar-refractivity contribution in [2.24, 2.45) is 0 Å². The number of hydrogen-bond donors (Lipinski definition) is 1. The molecule has 1 atom stereocenters. The predicted molar refractivity (Wildman–Crippen MR) is 120 cm³/mol. The molecule has 3 aromatic rings. The molecule has 1 N–H and O–H groups in total. The van der Waals surface area contributed by atoms with E-state index in [-0.39, 0.29) is 17.7 Å². The summed E-state index contributed by atoms with van der Waals surface area (Å²) >= 11 is 7.14. The molecule has 7 nitrogen and oxygen atoms in total.